The lowest BCUT2D eigenvalue weighted by Gasteiger charge is -2.23. The largest absolute Gasteiger partial charge is 0.492 e. The highest BCUT2D eigenvalue weighted by atomic mass is 16.5. The maximum absolute atomic E-state index is 6.09. The number of nitrogens with one attached hydrogen (secondary N) is 1. The summed E-state index contributed by atoms with van der Waals surface area (Å²) in [5.74, 6) is 1.11. The Morgan fingerprint density at radius 2 is 2.39 bits per heavy atom. The minimum absolute atomic E-state index is 0.600. The monoisotopic (exact) mass is 246 g/mol. The summed E-state index contributed by atoms with van der Waals surface area (Å²) in [6.45, 7) is 4.10. The summed E-state index contributed by atoms with van der Waals surface area (Å²) in [7, 11) is 2.20. The van der Waals surface area contributed by atoms with Crippen molar-refractivity contribution in [2.24, 2.45) is 0 Å². The van der Waals surface area contributed by atoms with Gasteiger partial charge < -0.3 is 15.0 Å². The highest BCUT2D eigenvalue weighted by Crippen LogP contribution is 2.26. The van der Waals surface area contributed by atoms with Gasteiger partial charge in [0.15, 0.2) is 0 Å². The Morgan fingerprint density at radius 1 is 1.44 bits per heavy atom. The molecule has 1 aromatic carbocycles. The van der Waals surface area contributed by atoms with Crippen molar-refractivity contribution in [3.63, 3.8) is 0 Å². The summed E-state index contributed by atoms with van der Waals surface area (Å²) in [6, 6.07) is 7.04. The van der Waals surface area contributed by atoms with E-state index in [2.05, 4.69) is 35.5 Å². The molecule has 1 aromatic rings. The fourth-order valence-electron chi connectivity index (χ4n) is 3.01. The van der Waals surface area contributed by atoms with E-state index in [1.54, 1.807) is 0 Å². The van der Waals surface area contributed by atoms with Gasteiger partial charge in [0, 0.05) is 12.6 Å². The second kappa shape index (κ2) is 5.29. The molecule has 1 N–H and O–H groups in total. The molecule has 3 nitrogen and oxygen atoms in total. The van der Waals surface area contributed by atoms with Crippen LogP contribution in [-0.4, -0.2) is 37.7 Å². The first-order chi connectivity index (χ1) is 8.84. The third kappa shape index (κ3) is 2.38. The van der Waals surface area contributed by atoms with Crippen molar-refractivity contribution in [2.45, 2.75) is 31.8 Å². The van der Waals surface area contributed by atoms with E-state index >= 15 is 0 Å². The quantitative estimate of drug-likeness (QED) is 0.880. The second-order valence-electron chi connectivity index (χ2n) is 5.41. The Kier molecular flexibility index (Phi) is 3.52. The van der Waals surface area contributed by atoms with Crippen LogP contribution < -0.4 is 10.1 Å². The topological polar surface area (TPSA) is 24.5 Å². The van der Waals surface area contributed by atoms with Gasteiger partial charge in [-0.15, -0.1) is 0 Å². The van der Waals surface area contributed by atoms with Gasteiger partial charge in [-0.1, -0.05) is 12.1 Å². The molecule has 1 fully saturated rings. The molecule has 0 aliphatic carbocycles. The molecule has 0 saturated carbocycles. The highest BCUT2D eigenvalue weighted by Gasteiger charge is 2.22. The number of likely N-dealkylation sites (N-methyl/N-ethyl adjacent to an activating group) is 1. The van der Waals surface area contributed by atoms with Gasteiger partial charge in [-0.3, -0.25) is 0 Å². The van der Waals surface area contributed by atoms with Gasteiger partial charge in [0.25, 0.3) is 0 Å². The van der Waals surface area contributed by atoms with E-state index in [1.807, 2.05) is 0 Å². The fraction of sp³-hybridized carbons (Fsp3) is 0.600. The molecule has 18 heavy (non-hydrogen) atoms. The number of nitrogens with zero attached hydrogens (tertiary/aromatic N) is 1. The molecule has 0 unspecified atom stereocenters. The zero-order valence-electron chi connectivity index (χ0n) is 11.1. The van der Waals surface area contributed by atoms with Gasteiger partial charge in [0.2, 0.25) is 0 Å². The lowest BCUT2D eigenvalue weighted by molar-refractivity contribution is 0.196. The Balaban J connectivity index is 1.69. The molecule has 0 aromatic heterocycles. The van der Waals surface area contributed by atoms with Crippen LogP contribution >= 0.6 is 0 Å². The summed E-state index contributed by atoms with van der Waals surface area (Å²) in [5, 5.41) is 3.41. The minimum atomic E-state index is 0.600. The van der Waals surface area contributed by atoms with Gasteiger partial charge in [0.05, 0.1) is 0 Å². The van der Waals surface area contributed by atoms with Gasteiger partial charge in [0.1, 0.15) is 12.4 Å². The number of likely N-dealkylation sites (tertiary alicyclic amines) is 1. The van der Waals surface area contributed by atoms with Crippen molar-refractivity contribution in [1.82, 2.24) is 10.2 Å². The van der Waals surface area contributed by atoms with Crippen molar-refractivity contribution in [3.05, 3.63) is 29.3 Å². The maximum Gasteiger partial charge on any atom is 0.122 e. The van der Waals surface area contributed by atoms with Gasteiger partial charge in [-0.25, -0.2) is 0 Å². The molecule has 0 amide bonds. The number of hydrogen-bond acceptors (Lipinski definition) is 3. The summed E-state index contributed by atoms with van der Waals surface area (Å²) < 4.78 is 6.09. The lowest BCUT2D eigenvalue weighted by Crippen LogP contribution is -2.31. The predicted octanol–water partition coefficient (Wildman–Crippen LogP) is 1.81. The van der Waals surface area contributed by atoms with Crippen molar-refractivity contribution in [2.75, 3.05) is 26.7 Å². The molecule has 3 rings (SSSR count). The fourth-order valence-corrected chi connectivity index (χ4v) is 3.01. The van der Waals surface area contributed by atoms with E-state index in [0.29, 0.717) is 6.04 Å². The Morgan fingerprint density at radius 3 is 3.22 bits per heavy atom. The molecule has 1 atom stereocenters. The standard InChI is InChI=1S/C15H22N2O/c1-17-9-3-5-13(17)11-18-15-6-2-4-12-10-16-8-7-14(12)15/h2,4,6,13,16H,3,5,7-11H2,1H3/t13-/m1/s1. The van der Waals surface area contributed by atoms with Crippen LogP contribution in [0.25, 0.3) is 0 Å². The van der Waals surface area contributed by atoms with Crippen LogP contribution in [0.2, 0.25) is 0 Å². The van der Waals surface area contributed by atoms with E-state index in [0.717, 1.165) is 31.9 Å². The third-order valence-corrected chi connectivity index (χ3v) is 4.20. The molecule has 2 heterocycles. The van der Waals surface area contributed by atoms with Crippen LogP contribution in [0, 0.1) is 0 Å². The summed E-state index contributed by atoms with van der Waals surface area (Å²) >= 11 is 0. The first-order valence-corrected chi connectivity index (χ1v) is 6.99. The number of fused-ring (bicyclic) bond motifs is 1. The average molecular weight is 246 g/mol. The van der Waals surface area contributed by atoms with Gasteiger partial charge in [-0.05, 0) is 56.6 Å². The molecule has 0 bridgehead atoms. The summed E-state index contributed by atoms with van der Waals surface area (Å²) in [4.78, 5) is 2.41. The number of hydrogen-bond donors (Lipinski definition) is 1. The van der Waals surface area contributed by atoms with E-state index in [1.165, 1.54) is 30.5 Å². The van der Waals surface area contributed by atoms with Crippen molar-refractivity contribution >= 4 is 0 Å². The summed E-state index contributed by atoms with van der Waals surface area (Å²) in [5.41, 5.74) is 2.82. The van der Waals surface area contributed by atoms with Crippen molar-refractivity contribution < 1.29 is 4.74 Å². The van der Waals surface area contributed by atoms with Crippen LogP contribution in [-0.2, 0) is 13.0 Å². The zero-order valence-corrected chi connectivity index (χ0v) is 11.1. The Bertz CT molecular complexity index is 419. The smallest absolute Gasteiger partial charge is 0.122 e. The SMILES string of the molecule is CN1CCC[C@@H]1COc1cccc2c1CCNC2. The number of ether oxygens (including phenoxy) is 1. The molecule has 1 saturated heterocycles. The number of rotatable bonds is 3. The Hall–Kier alpha value is -1.06. The first kappa shape index (κ1) is 12.0. The lowest BCUT2D eigenvalue weighted by atomic mass is 10.0. The molecule has 2 aliphatic heterocycles. The van der Waals surface area contributed by atoms with Crippen molar-refractivity contribution in [1.29, 1.82) is 0 Å². The molecule has 0 radical (unpaired) electrons. The van der Waals surface area contributed by atoms with Crippen LogP contribution in [0.15, 0.2) is 18.2 Å². The maximum atomic E-state index is 6.09. The third-order valence-electron chi connectivity index (χ3n) is 4.20. The molecule has 3 heteroatoms. The minimum Gasteiger partial charge on any atom is -0.492 e. The highest BCUT2D eigenvalue weighted by molar-refractivity contribution is 5.41. The zero-order chi connectivity index (χ0) is 12.4. The van der Waals surface area contributed by atoms with Crippen LogP contribution in [0.5, 0.6) is 5.75 Å². The molecular formula is C15H22N2O. The molecule has 98 valence electrons. The van der Waals surface area contributed by atoms with E-state index in [9.17, 15) is 0 Å². The van der Waals surface area contributed by atoms with Crippen molar-refractivity contribution in [3.8, 4) is 5.75 Å². The molecule has 0 spiro atoms. The normalized spacial score (nSPS) is 23.9. The van der Waals surface area contributed by atoms with Gasteiger partial charge in [-0.2, -0.15) is 0 Å². The molecular weight excluding hydrogens is 224 g/mol. The van der Waals surface area contributed by atoms with Crippen LogP contribution in [0.4, 0.5) is 0 Å². The van der Waals surface area contributed by atoms with Crippen LogP contribution in [0.1, 0.15) is 24.0 Å². The first-order valence-electron chi connectivity index (χ1n) is 6.99. The average Bonchev–Trinajstić information content (AvgIpc) is 2.82. The van der Waals surface area contributed by atoms with E-state index in [-0.39, 0.29) is 0 Å². The van der Waals surface area contributed by atoms with E-state index in [4.69, 9.17) is 4.74 Å². The molecule has 2 aliphatic rings. The summed E-state index contributed by atoms with van der Waals surface area (Å²) in [6.07, 6.45) is 3.67. The van der Waals surface area contributed by atoms with Crippen LogP contribution in [0.3, 0.4) is 0 Å². The second-order valence-corrected chi connectivity index (χ2v) is 5.41. The number of benzene rings is 1. The van der Waals surface area contributed by atoms with E-state index < -0.39 is 0 Å². The van der Waals surface area contributed by atoms with Gasteiger partial charge >= 0.3 is 0 Å². The predicted molar refractivity (Wildman–Crippen MR) is 73.0 cm³/mol. The Labute approximate surface area is 109 Å².